The first-order chi connectivity index (χ1) is 35.3. The third kappa shape index (κ3) is 11.6. The molecule has 4 fully saturated rings. The molecule has 27 heteroatoms. The van der Waals surface area contributed by atoms with E-state index in [2.05, 4.69) is 0 Å². The lowest BCUT2D eigenvalue weighted by Crippen LogP contribution is -2.64. The Morgan fingerprint density at radius 2 is 1.19 bits per heavy atom. The molecule has 4 saturated heterocycles. The number of aliphatic hydroxyl groups excluding tert-OH is 13. The molecule has 0 aromatic heterocycles. The molecule has 1 aliphatic carbocycles. The number of carbonyl (C=O) groups is 1. The van der Waals surface area contributed by atoms with Crippen LogP contribution in [0.3, 0.4) is 0 Å². The van der Waals surface area contributed by atoms with Crippen molar-refractivity contribution in [3.8, 4) is 51.4 Å². The number of hydrogen-bond acceptors (Lipinski definition) is 27. The molecule has 27 nitrogen and oxygen atoms in total. The zero-order valence-electron chi connectivity index (χ0n) is 38.3. The normalized spacial score (nSPS) is 35.6. The molecule has 0 amide bonds. The Labute approximate surface area is 416 Å². The van der Waals surface area contributed by atoms with Crippen LogP contribution in [0.15, 0.2) is 76.0 Å². The minimum atomic E-state index is -2.07. The first-order valence-electron chi connectivity index (χ1n) is 22.8. The first kappa shape index (κ1) is 54.6. The van der Waals surface area contributed by atoms with Crippen LogP contribution in [-0.4, -0.2) is 226 Å². The Bertz CT molecular complexity index is 2590. The predicted octanol–water partition coefficient (Wildman–Crippen LogP) is -4.91. The highest BCUT2D eigenvalue weighted by atomic mass is 16.8. The lowest BCUT2D eigenvalue weighted by atomic mass is 9.98. The van der Waals surface area contributed by atoms with E-state index >= 15 is 0 Å². The standard InChI is InChI=1S/C47H54O27/c48-13-28-33(56)36(59)40(63)45(71-28)67-20-5-1-17(2-6-20)3-8-31(54)65-16-30-35(58)38(61)43(74-44-39(62)32(55)24(53)15-66-44)47(73-30)70-27-12-21-25(68-42(27)18-4-7-22(51)23(52)9-18)10-19(50)11-26(21)69-46-41(64)37(60)34(57)29(14-49)72-46/h1-12,24,28-30,32-41,43-49,51-53,55-64H,13-16H2/b8-3+/t24-,28-,29-,30-,32+,33-,34-,35-,36+,37+,38+,39-,40-,41-,43-,44+,45-,46-,47-/m1/s1. The average molecular weight is 1050 g/mol. The molecule has 0 saturated carbocycles. The van der Waals surface area contributed by atoms with Gasteiger partial charge >= 0.3 is 5.97 Å². The SMILES string of the molecule is O=C(/C=C/c1ccc(O[C@@H]2O[C@H](CO)[C@@H](O)[C@H](O)[C@H]2O)cc1)OC[C@H]1O[C@@H](Oc2cc3c(O[C@@H]4O[C@H](CO)[C@@H](O)[C@H](O)[C@H]4O)cc(=O)cc-3oc2-c2ccc(O)c(O)c2)[C@H](O[C@@H]2OC[C@@H](O)[C@H](O)[C@H]2O)[C@@H](O)[C@@H]1O. The van der Waals surface area contributed by atoms with Gasteiger partial charge in [-0.25, -0.2) is 4.79 Å². The van der Waals surface area contributed by atoms with Gasteiger partial charge in [0.15, 0.2) is 40.8 Å². The summed E-state index contributed by atoms with van der Waals surface area (Å²) < 4.78 is 57.4. The van der Waals surface area contributed by atoms with Crippen molar-refractivity contribution < 1.29 is 128 Å². The van der Waals surface area contributed by atoms with E-state index in [0.29, 0.717) is 5.56 Å². The van der Waals surface area contributed by atoms with Crippen LogP contribution >= 0.6 is 0 Å². The summed E-state index contributed by atoms with van der Waals surface area (Å²) in [7, 11) is 0. The lowest BCUT2D eigenvalue weighted by Gasteiger charge is -2.44. The summed E-state index contributed by atoms with van der Waals surface area (Å²) in [6, 6.07) is 12.3. The molecule has 19 atom stereocenters. The van der Waals surface area contributed by atoms with Crippen LogP contribution < -0.4 is 19.6 Å². The molecule has 0 unspecified atom stereocenters. The smallest absolute Gasteiger partial charge is 0.330 e. The van der Waals surface area contributed by atoms with E-state index in [1.807, 2.05) is 0 Å². The van der Waals surface area contributed by atoms with Crippen LogP contribution in [0.25, 0.3) is 28.7 Å². The monoisotopic (exact) mass is 1050 g/mol. The number of aliphatic hydroxyl groups is 13. The van der Waals surface area contributed by atoms with E-state index < -0.39 is 172 Å². The molecule has 0 spiro atoms. The molecule has 74 heavy (non-hydrogen) atoms. The van der Waals surface area contributed by atoms with Crippen molar-refractivity contribution >= 4 is 12.0 Å². The maximum Gasteiger partial charge on any atom is 0.330 e. The minimum Gasteiger partial charge on any atom is -0.504 e. The summed E-state index contributed by atoms with van der Waals surface area (Å²) in [5.74, 6) is -3.44. The summed E-state index contributed by atoms with van der Waals surface area (Å²) in [5.41, 5.74) is -0.487. The van der Waals surface area contributed by atoms with E-state index in [1.165, 1.54) is 42.5 Å². The fourth-order valence-corrected chi connectivity index (χ4v) is 8.30. The lowest BCUT2D eigenvalue weighted by molar-refractivity contribution is -0.345. The number of fused-ring (bicyclic) bond motifs is 1. The predicted molar refractivity (Wildman–Crippen MR) is 240 cm³/mol. The van der Waals surface area contributed by atoms with Gasteiger partial charge in [-0.2, -0.15) is 0 Å². The summed E-state index contributed by atoms with van der Waals surface area (Å²) in [4.78, 5) is 26.1. The van der Waals surface area contributed by atoms with Gasteiger partial charge in [0.05, 0.1) is 25.4 Å². The zero-order valence-corrected chi connectivity index (χ0v) is 38.3. The van der Waals surface area contributed by atoms with Crippen molar-refractivity contribution in [2.45, 2.75) is 117 Å². The van der Waals surface area contributed by atoms with Crippen LogP contribution in [-0.2, 0) is 33.2 Å². The summed E-state index contributed by atoms with van der Waals surface area (Å²) >= 11 is 0. The number of ether oxygens (including phenoxy) is 9. The molecule has 8 rings (SSSR count). The average Bonchev–Trinajstić information content (AvgIpc) is 3.38. The Balaban J connectivity index is 1.06. The zero-order chi connectivity index (χ0) is 53.3. The quantitative estimate of drug-likeness (QED) is 0.0301. The van der Waals surface area contributed by atoms with Gasteiger partial charge in [0.1, 0.15) is 109 Å². The van der Waals surface area contributed by atoms with Gasteiger partial charge in [-0.1, -0.05) is 12.1 Å². The molecule has 6 aliphatic rings. The van der Waals surface area contributed by atoms with Crippen LogP contribution in [0.1, 0.15) is 5.56 Å². The number of phenols is 2. The largest absolute Gasteiger partial charge is 0.504 e. The van der Waals surface area contributed by atoms with Crippen molar-refractivity contribution in [1.29, 1.82) is 0 Å². The molecule has 5 heterocycles. The number of phenolic OH excluding ortho intramolecular Hbond substituents is 2. The fourth-order valence-electron chi connectivity index (χ4n) is 8.30. The molecular weight excluding hydrogens is 996 g/mol. The molecule has 404 valence electrons. The van der Waals surface area contributed by atoms with Crippen molar-refractivity contribution in [2.24, 2.45) is 0 Å². The second-order valence-corrected chi connectivity index (χ2v) is 17.6. The molecule has 15 N–H and O–H groups in total. The highest BCUT2D eigenvalue weighted by molar-refractivity contribution is 5.87. The molecular formula is C47H54O27. The van der Waals surface area contributed by atoms with E-state index in [1.54, 1.807) is 0 Å². The van der Waals surface area contributed by atoms with Crippen molar-refractivity contribution in [3.63, 3.8) is 0 Å². The topological polar surface area (TPSA) is 434 Å². The van der Waals surface area contributed by atoms with Gasteiger partial charge in [-0.3, -0.25) is 4.79 Å². The Morgan fingerprint density at radius 3 is 1.82 bits per heavy atom. The fraction of sp³-hybridized carbons (Fsp3) is 0.489. The summed E-state index contributed by atoms with van der Waals surface area (Å²) in [5, 5.41) is 156. The maximum absolute atomic E-state index is 13.1. The van der Waals surface area contributed by atoms with Crippen LogP contribution in [0.4, 0.5) is 0 Å². The molecule has 0 bridgehead atoms. The molecule has 2 aromatic rings. The number of hydrogen-bond donors (Lipinski definition) is 15. The summed E-state index contributed by atoms with van der Waals surface area (Å²) in [6.07, 6.45) is -30.8. The first-order valence-corrected chi connectivity index (χ1v) is 22.8. The maximum atomic E-state index is 13.1. The van der Waals surface area contributed by atoms with Crippen molar-refractivity contribution in [2.75, 3.05) is 26.4 Å². The Kier molecular flexibility index (Phi) is 17.0. The van der Waals surface area contributed by atoms with E-state index in [9.17, 15) is 86.2 Å². The van der Waals surface area contributed by atoms with Gasteiger partial charge in [-0.05, 0) is 48.0 Å². The minimum absolute atomic E-state index is 0.0323. The third-order valence-electron chi connectivity index (χ3n) is 12.5. The molecule has 2 aromatic carbocycles. The summed E-state index contributed by atoms with van der Waals surface area (Å²) in [6.45, 7) is -2.83. The van der Waals surface area contributed by atoms with Crippen molar-refractivity contribution in [1.82, 2.24) is 0 Å². The Hall–Kier alpha value is -5.64. The number of rotatable bonds is 15. The second-order valence-electron chi connectivity index (χ2n) is 17.6. The van der Waals surface area contributed by atoms with Gasteiger partial charge in [-0.15, -0.1) is 0 Å². The van der Waals surface area contributed by atoms with Crippen molar-refractivity contribution in [3.05, 3.63) is 82.5 Å². The van der Waals surface area contributed by atoms with E-state index in [4.69, 9.17) is 47.0 Å². The van der Waals surface area contributed by atoms with Gasteiger partial charge in [0.25, 0.3) is 0 Å². The molecule has 0 radical (unpaired) electrons. The van der Waals surface area contributed by atoms with Crippen LogP contribution in [0.2, 0.25) is 0 Å². The van der Waals surface area contributed by atoms with Crippen LogP contribution in [0, 0.1) is 0 Å². The second kappa shape index (κ2) is 23.1. The number of aromatic hydroxyl groups is 2. The highest BCUT2D eigenvalue weighted by Crippen LogP contribution is 2.44. The van der Waals surface area contributed by atoms with Gasteiger partial charge in [0, 0.05) is 23.8 Å². The number of esters is 1. The van der Waals surface area contributed by atoms with E-state index in [-0.39, 0.29) is 34.1 Å². The number of benzene rings is 3. The molecule has 5 aliphatic heterocycles. The van der Waals surface area contributed by atoms with Gasteiger partial charge in [0.2, 0.25) is 18.9 Å². The van der Waals surface area contributed by atoms with Gasteiger partial charge < -0.3 is 124 Å². The van der Waals surface area contributed by atoms with E-state index in [0.717, 1.165) is 30.3 Å². The third-order valence-corrected chi connectivity index (χ3v) is 12.5. The Morgan fingerprint density at radius 1 is 0.595 bits per heavy atom. The van der Waals surface area contributed by atoms with Crippen LogP contribution in [0.5, 0.6) is 28.7 Å². The number of carbonyl (C=O) groups excluding carboxylic acids is 1. The highest BCUT2D eigenvalue weighted by Gasteiger charge is 2.51.